The number of ether oxygens (including phenoxy) is 1. The zero-order valence-corrected chi connectivity index (χ0v) is 17.3. The van der Waals surface area contributed by atoms with Crippen molar-refractivity contribution >= 4 is 17.2 Å². The maximum absolute atomic E-state index is 13.0. The number of fused-ring (bicyclic) bond motifs is 1. The molecule has 0 bridgehead atoms. The summed E-state index contributed by atoms with van der Waals surface area (Å²) in [6.07, 6.45) is 3.84. The molecule has 6 heteroatoms. The van der Waals surface area contributed by atoms with Crippen LogP contribution in [0.25, 0.3) is 16.6 Å². The Morgan fingerprint density at radius 3 is 2.53 bits per heavy atom. The molecule has 0 aliphatic heterocycles. The number of carbonyl (C=O) groups excluding carboxylic acids is 1. The second-order valence-corrected chi connectivity index (χ2v) is 7.65. The van der Waals surface area contributed by atoms with Crippen molar-refractivity contribution < 1.29 is 14.7 Å². The van der Waals surface area contributed by atoms with Gasteiger partial charge in [-0.15, -0.1) is 0 Å². The fourth-order valence-corrected chi connectivity index (χ4v) is 3.92. The van der Waals surface area contributed by atoms with E-state index in [1.54, 1.807) is 30.5 Å². The molecule has 0 saturated heterocycles. The molecule has 4 rings (SSSR count). The number of hydrogen-bond acceptors (Lipinski definition) is 5. The van der Waals surface area contributed by atoms with E-state index >= 15 is 0 Å². The minimum Gasteiger partial charge on any atom is -0.462 e. The Morgan fingerprint density at radius 1 is 1.23 bits per heavy atom. The fraction of sp³-hybridized carbons (Fsp3) is 0.292. The van der Waals surface area contributed by atoms with Gasteiger partial charge in [0.1, 0.15) is 5.56 Å². The molecule has 1 N–H and O–H groups in total. The number of carbonyl (C=O) groups is 1. The first-order chi connectivity index (χ1) is 14.5. The van der Waals surface area contributed by atoms with Crippen LogP contribution in [-0.4, -0.2) is 27.9 Å². The molecule has 1 fully saturated rings. The van der Waals surface area contributed by atoms with Crippen LogP contribution < -0.4 is 5.56 Å². The predicted molar refractivity (Wildman–Crippen MR) is 116 cm³/mol. The molecule has 0 atom stereocenters. The van der Waals surface area contributed by atoms with Gasteiger partial charge >= 0.3 is 5.97 Å². The summed E-state index contributed by atoms with van der Waals surface area (Å²) in [7, 11) is 0. The van der Waals surface area contributed by atoms with Gasteiger partial charge < -0.3 is 9.94 Å². The first-order valence-corrected chi connectivity index (χ1v) is 10.1. The highest BCUT2D eigenvalue weighted by atomic mass is 16.5. The van der Waals surface area contributed by atoms with Crippen LogP contribution in [0.1, 0.15) is 59.7 Å². The molecule has 0 radical (unpaired) electrons. The second kappa shape index (κ2) is 7.78. The minimum atomic E-state index is -0.572. The Hall–Kier alpha value is -3.41. The van der Waals surface area contributed by atoms with Crippen molar-refractivity contribution in [3.8, 4) is 11.1 Å². The van der Waals surface area contributed by atoms with E-state index in [0.29, 0.717) is 11.6 Å². The lowest BCUT2D eigenvalue weighted by Gasteiger charge is -2.16. The summed E-state index contributed by atoms with van der Waals surface area (Å²) >= 11 is 0. The highest BCUT2D eigenvalue weighted by molar-refractivity contribution is 5.98. The zero-order valence-electron chi connectivity index (χ0n) is 17.3. The van der Waals surface area contributed by atoms with E-state index < -0.39 is 5.97 Å². The third kappa shape index (κ3) is 3.38. The average Bonchev–Trinajstić information content (AvgIpc) is 3.59. The lowest BCUT2D eigenvalue weighted by Crippen LogP contribution is -2.25. The van der Waals surface area contributed by atoms with E-state index in [-0.39, 0.29) is 17.7 Å². The number of aromatic nitrogens is 1. The summed E-state index contributed by atoms with van der Waals surface area (Å²) in [4.78, 5) is 25.3. The van der Waals surface area contributed by atoms with E-state index in [1.807, 2.05) is 37.3 Å². The van der Waals surface area contributed by atoms with Gasteiger partial charge in [-0.2, -0.15) is 0 Å². The lowest BCUT2D eigenvalue weighted by molar-refractivity contribution is 0.0524. The van der Waals surface area contributed by atoms with Crippen LogP contribution in [0.4, 0.5) is 0 Å². The first kappa shape index (κ1) is 19.9. The summed E-state index contributed by atoms with van der Waals surface area (Å²) in [5.74, 6) is -0.217. The molecule has 3 aromatic rings. The van der Waals surface area contributed by atoms with Gasteiger partial charge in [0.2, 0.25) is 0 Å². The largest absolute Gasteiger partial charge is 0.462 e. The molecule has 0 spiro atoms. The highest BCUT2D eigenvalue weighted by Crippen LogP contribution is 2.43. The maximum Gasteiger partial charge on any atom is 0.343 e. The number of nitrogens with zero attached hydrogens (tertiary/aromatic N) is 2. The molecule has 1 aliphatic carbocycles. The van der Waals surface area contributed by atoms with Gasteiger partial charge in [0.25, 0.3) is 5.56 Å². The van der Waals surface area contributed by atoms with E-state index in [0.717, 1.165) is 46.2 Å². The molecule has 0 unspecified atom stereocenters. The molecule has 1 aliphatic rings. The monoisotopic (exact) mass is 404 g/mol. The number of aryl methyl sites for hydroxylation is 1. The van der Waals surface area contributed by atoms with Crippen molar-refractivity contribution in [2.75, 3.05) is 6.61 Å². The summed E-state index contributed by atoms with van der Waals surface area (Å²) in [5, 5.41) is 12.2. The molecular formula is C24H24N2O4. The third-order valence-electron chi connectivity index (χ3n) is 5.69. The number of esters is 1. The van der Waals surface area contributed by atoms with Gasteiger partial charge in [-0.3, -0.25) is 9.20 Å². The molecule has 2 heterocycles. The molecule has 1 aromatic carbocycles. The summed E-state index contributed by atoms with van der Waals surface area (Å²) in [6, 6.07) is 11.4. The van der Waals surface area contributed by atoms with Crippen molar-refractivity contribution in [3.63, 3.8) is 0 Å². The van der Waals surface area contributed by atoms with E-state index in [4.69, 9.17) is 9.94 Å². The number of benzene rings is 1. The minimum absolute atomic E-state index is 0.0894. The van der Waals surface area contributed by atoms with Gasteiger partial charge in [-0.05, 0) is 79.5 Å². The lowest BCUT2D eigenvalue weighted by atomic mass is 9.95. The van der Waals surface area contributed by atoms with Crippen LogP contribution in [0.15, 0.2) is 52.5 Å². The average molecular weight is 404 g/mol. The molecule has 1 saturated carbocycles. The number of oxime groups is 1. The second-order valence-electron chi connectivity index (χ2n) is 7.65. The molecule has 154 valence electrons. The van der Waals surface area contributed by atoms with Gasteiger partial charge in [0, 0.05) is 6.20 Å². The van der Waals surface area contributed by atoms with Gasteiger partial charge in [-0.1, -0.05) is 29.4 Å². The van der Waals surface area contributed by atoms with E-state index in [9.17, 15) is 9.59 Å². The maximum atomic E-state index is 13.0. The smallest absolute Gasteiger partial charge is 0.343 e. The van der Waals surface area contributed by atoms with Crippen LogP contribution >= 0.6 is 0 Å². The quantitative estimate of drug-likeness (QED) is 0.293. The van der Waals surface area contributed by atoms with Crippen molar-refractivity contribution in [1.82, 2.24) is 4.40 Å². The van der Waals surface area contributed by atoms with Crippen molar-refractivity contribution in [1.29, 1.82) is 0 Å². The summed E-state index contributed by atoms with van der Waals surface area (Å²) < 4.78 is 6.68. The topological polar surface area (TPSA) is 80.4 Å². The molecular weight excluding hydrogens is 380 g/mol. The Kier molecular flexibility index (Phi) is 5.16. The number of rotatable bonds is 5. The SMILES string of the molecule is CCOC(=O)c1cc(C2CC2)c2c(C)c(-c3ccc(C(C)=NO)cc3)ccn2c1=O. The standard InChI is InChI=1S/C24H24N2O4/c1-4-30-24(28)21-13-20(18-9-10-18)22-14(2)19(11-12-26(22)23(21)27)17-7-5-16(6-8-17)15(3)25-29/h5-8,11-13,18,29H,4,9-10H2,1-3H3. The van der Waals surface area contributed by atoms with Crippen LogP contribution in [0.2, 0.25) is 0 Å². The zero-order chi connectivity index (χ0) is 21.4. The van der Waals surface area contributed by atoms with Gasteiger partial charge in [-0.25, -0.2) is 4.79 Å². The molecule has 30 heavy (non-hydrogen) atoms. The van der Waals surface area contributed by atoms with Crippen LogP contribution in [0.5, 0.6) is 0 Å². The summed E-state index contributed by atoms with van der Waals surface area (Å²) in [6.45, 7) is 5.71. The van der Waals surface area contributed by atoms with Crippen LogP contribution in [0.3, 0.4) is 0 Å². The van der Waals surface area contributed by atoms with Crippen molar-refractivity contribution in [3.05, 3.63) is 75.2 Å². The van der Waals surface area contributed by atoms with E-state index in [2.05, 4.69) is 5.16 Å². The number of pyridine rings is 2. The van der Waals surface area contributed by atoms with Gasteiger partial charge in [0.05, 0.1) is 17.8 Å². The Bertz CT molecular complexity index is 1220. The predicted octanol–water partition coefficient (Wildman–Crippen LogP) is 4.53. The Balaban J connectivity index is 1.90. The van der Waals surface area contributed by atoms with Crippen molar-refractivity contribution in [2.24, 2.45) is 5.16 Å². The molecule has 6 nitrogen and oxygen atoms in total. The fourth-order valence-electron chi connectivity index (χ4n) is 3.92. The normalized spacial score (nSPS) is 14.2. The molecule has 2 aromatic heterocycles. The Morgan fingerprint density at radius 2 is 1.93 bits per heavy atom. The van der Waals surface area contributed by atoms with Crippen molar-refractivity contribution in [2.45, 2.75) is 39.5 Å². The van der Waals surface area contributed by atoms with Crippen LogP contribution in [0, 0.1) is 6.92 Å². The van der Waals surface area contributed by atoms with Gasteiger partial charge in [0.15, 0.2) is 0 Å². The summed E-state index contributed by atoms with van der Waals surface area (Å²) in [5.41, 5.74) is 6.03. The molecule has 0 amide bonds. The number of hydrogen-bond donors (Lipinski definition) is 1. The first-order valence-electron chi connectivity index (χ1n) is 10.1. The third-order valence-corrected chi connectivity index (χ3v) is 5.69. The van der Waals surface area contributed by atoms with E-state index in [1.165, 1.54) is 0 Å². The highest BCUT2D eigenvalue weighted by Gasteiger charge is 2.29. The van der Waals surface area contributed by atoms with Crippen LogP contribution in [-0.2, 0) is 4.74 Å². The Labute approximate surface area is 174 Å².